The maximum Gasteiger partial charge on any atom is 0.205 e. The lowest BCUT2D eigenvalue weighted by atomic mass is 9.93. The van der Waals surface area contributed by atoms with Crippen molar-refractivity contribution in [2.75, 3.05) is 25.0 Å². The van der Waals surface area contributed by atoms with E-state index in [0.29, 0.717) is 6.54 Å². The van der Waals surface area contributed by atoms with Crippen molar-refractivity contribution < 1.29 is 0 Å². The van der Waals surface area contributed by atoms with Gasteiger partial charge in [0.2, 0.25) is 5.95 Å². The fraction of sp³-hybridized carbons (Fsp3) is 0.769. The zero-order valence-corrected chi connectivity index (χ0v) is 11.6. The third kappa shape index (κ3) is 4.04. The number of hydrogen-bond donors (Lipinski definition) is 1. The molecule has 4 nitrogen and oxygen atoms in total. The number of aromatic nitrogens is 2. The molecule has 1 aromatic heterocycles. The van der Waals surface area contributed by atoms with Crippen molar-refractivity contribution in [1.82, 2.24) is 9.55 Å². The predicted molar refractivity (Wildman–Crippen MR) is 73.2 cm³/mol. The molecule has 0 atom stereocenters. The molecule has 0 unspecified atom stereocenters. The van der Waals surface area contributed by atoms with Gasteiger partial charge in [-0.15, -0.1) is 0 Å². The van der Waals surface area contributed by atoms with Crippen LogP contribution in [0.4, 0.5) is 5.95 Å². The molecule has 0 radical (unpaired) electrons. The van der Waals surface area contributed by atoms with Crippen LogP contribution >= 0.6 is 0 Å². The van der Waals surface area contributed by atoms with Crippen molar-refractivity contribution in [1.29, 1.82) is 0 Å². The van der Waals surface area contributed by atoms with Gasteiger partial charge in [0, 0.05) is 32.5 Å². The Morgan fingerprint density at radius 3 is 2.76 bits per heavy atom. The van der Waals surface area contributed by atoms with E-state index >= 15 is 0 Å². The van der Waals surface area contributed by atoms with Crippen molar-refractivity contribution >= 4 is 5.95 Å². The van der Waals surface area contributed by atoms with Crippen molar-refractivity contribution in [2.24, 2.45) is 11.1 Å². The Labute approximate surface area is 105 Å². The summed E-state index contributed by atoms with van der Waals surface area (Å²) in [6, 6.07) is 0. The van der Waals surface area contributed by atoms with Crippen molar-refractivity contribution in [3.63, 3.8) is 0 Å². The molecule has 0 fully saturated rings. The highest BCUT2D eigenvalue weighted by atomic mass is 15.3. The number of aryl methyl sites for hydroxylation is 1. The molecule has 17 heavy (non-hydrogen) atoms. The van der Waals surface area contributed by atoms with E-state index < -0.39 is 0 Å². The summed E-state index contributed by atoms with van der Waals surface area (Å²) in [5, 5.41) is 0. The summed E-state index contributed by atoms with van der Waals surface area (Å²) >= 11 is 0. The zero-order chi connectivity index (χ0) is 12.9. The van der Waals surface area contributed by atoms with Crippen LogP contribution in [0.1, 0.15) is 33.6 Å². The van der Waals surface area contributed by atoms with Crippen LogP contribution in [-0.4, -0.2) is 29.7 Å². The molecule has 0 aliphatic heterocycles. The van der Waals surface area contributed by atoms with Gasteiger partial charge in [-0.05, 0) is 18.4 Å². The van der Waals surface area contributed by atoms with E-state index in [1.54, 1.807) is 0 Å². The largest absolute Gasteiger partial charge is 0.345 e. The molecule has 98 valence electrons. The molecule has 4 heteroatoms. The number of nitrogens with zero attached hydrogens (tertiary/aromatic N) is 3. The maximum atomic E-state index is 5.77. The Balaban J connectivity index is 2.68. The summed E-state index contributed by atoms with van der Waals surface area (Å²) in [6.45, 7) is 9.22. The number of hydrogen-bond acceptors (Lipinski definition) is 3. The Morgan fingerprint density at radius 1 is 1.47 bits per heavy atom. The molecule has 0 bridgehead atoms. The standard InChI is InChI=1S/C13H26N4/c1-5-6-8-17-9-7-15-12(17)16(4)11-13(2,3)10-14/h7,9H,5-6,8,10-11,14H2,1-4H3. The quantitative estimate of drug-likeness (QED) is 0.791. The summed E-state index contributed by atoms with van der Waals surface area (Å²) in [5.41, 5.74) is 5.89. The van der Waals surface area contributed by atoms with Gasteiger partial charge in [0.1, 0.15) is 0 Å². The first-order chi connectivity index (χ1) is 8.00. The maximum absolute atomic E-state index is 5.77. The minimum absolute atomic E-state index is 0.121. The van der Waals surface area contributed by atoms with E-state index in [9.17, 15) is 0 Å². The minimum atomic E-state index is 0.121. The fourth-order valence-electron chi connectivity index (χ4n) is 1.92. The third-order valence-electron chi connectivity index (χ3n) is 3.01. The van der Waals surface area contributed by atoms with Crippen molar-refractivity contribution in [3.05, 3.63) is 12.4 Å². The van der Waals surface area contributed by atoms with Crippen LogP contribution in [-0.2, 0) is 6.54 Å². The number of imidazole rings is 1. The van der Waals surface area contributed by atoms with Gasteiger partial charge in [-0.3, -0.25) is 0 Å². The molecule has 0 spiro atoms. The lowest BCUT2D eigenvalue weighted by molar-refractivity contribution is 0.381. The zero-order valence-electron chi connectivity index (χ0n) is 11.6. The van der Waals surface area contributed by atoms with Gasteiger partial charge in [0.05, 0.1) is 0 Å². The van der Waals surface area contributed by atoms with Gasteiger partial charge in [0.25, 0.3) is 0 Å². The van der Waals surface area contributed by atoms with E-state index in [1.165, 1.54) is 12.8 Å². The lowest BCUT2D eigenvalue weighted by Crippen LogP contribution is -2.37. The van der Waals surface area contributed by atoms with E-state index in [1.807, 2.05) is 6.20 Å². The highest BCUT2D eigenvalue weighted by Gasteiger charge is 2.20. The molecule has 2 N–H and O–H groups in total. The van der Waals surface area contributed by atoms with Crippen molar-refractivity contribution in [3.8, 4) is 0 Å². The van der Waals surface area contributed by atoms with E-state index in [2.05, 4.69) is 48.5 Å². The van der Waals surface area contributed by atoms with Crippen LogP contribution in [0.25, 0.3) is 0 Å². The number of nitrogens with two attached hydrogens (primary N) is 1. The lowest BCUT2D eigenvalue weighted by Gasteiger charge is -2.30. The SMILES string of the molecule is CCCCn1ccnc1N(C)CC(C)(C)CN. The van der Waals surface area contributed by atoms with E-state index in [-0.39, 0.29) is 5.41 Å². The highest BCUT2D eigenvalue weighted by molar-refractivity contribution is 5.30. The number of anilines is 1. The van der Waals surface area contributed by atoms with Crippen molar-refractivity contribution in [2.45, 2.75) is 40.2 Å². The molecule has 0 aliphatic carbocycles. The third-order valence-corrected chi connectivity index (χ3v) is 3.01. The summed E-state index contributed by atoms with van der Waals surface area (Å²) in [7, 11) is 2.09. The van der Waals surface area contributed by atoms with Gasteiger partial charge in [-0.25, -0.2) is 4.98 Å². The van der Waals surface area contributed by atoms with Crippen LogP contribution in [0.2, 0.25) is 0 Å². The predicted octanol–water partition coefficient (Wildman–Crippen LogP) is 2.10. The van der Waals surface area contributed by atoms with Crippen LogP contribution in [0, 0.1) is 5.41 Å². The number of unbranched alkanes of at least 4 members (excludes halogenated alkanes) is 1. The average molecular weight is 238 g/mol. The molecule has 0 saturated heterocycles. The first-order valence-corrected chi connectivity index (χ1v) is 6.42. The fourth-order valence-corrected chi connectivity index (χ4v) is 1.92. The second-order valence-electron chi connectivity index (χ2n) is 5.50. The Bertz CT molecular complexity index is 330. The molecule has 1 rings (SSSR count). The molecule has 1 heterocycles. The van der Waals surface area contributed by atoms with E-state index in [0.717, 1.165) is 19.0 Å². The summed E-state index contributed by atoms with van der Waals surface area (Å²) in [5.74, 6) is 1.04. The molecule has 0 amide bonds. The average Bonchev–Trinajstić information content (AvgIpc) is 2.74. The Kier molecular flexibility index (Phi) is 5.00. The van der Waals surface area contributed by atoms with Gasteiger partial charge in [-0.2, -0.15) is 0 Å². The second-order valence-corrected chi connectivity index (χ2v) is 5.50. The van der Waals surface area contributed by atoms with Crippen LogP contribution in [0.5, 0.6) is 0 Å². The second kappa shape index (κ2) is 6.05. The molecular formula is C13H26N4. The molecular weight excluding hydrogens is 212 g/mol. The molecule has 1 aromatic rings. The van der Waals surface area contributed by atoms with Crippen LogP contribution in [0.15, 0.2) is 12.4 Å². The van der Waals surface area contributed by atoms with E-state index in [4.69, 9.17) is 5.73 Å². The first kappa shape index (κ1) is 14.0. The number of rotatable bonds is 7. The summed E-state index contributed by atoms with van der Waals surface area (Å²) < 4.78 is 2.22. The topological polar surface area (TPSA) is 47.1 Å². The normalized spacial score (nSPS) is 11.8. The van der Waals surface area contributed by atoms with Gasteiger partial charge in [0.15, 0.2) is 0 Å². The van der Waals surface area contributed by atoms with Gasteiger partial charge in [-0.1, -0.05) is 27.2 Å². The van der Waals surface area contributed by atoms with Gasteiger partial charge >= 0.3 is 0 Å². The minimum Gasteiger partial charge on any atom is -0.345 e. The van der Waals surface area contributed by atoms with Crippen LogP contribution < -0.4 is 10.6 Å². The van der Waals surface area contributed by atoms with Gasteiger partial charge < -0.3 is 15.2 Å². The summed E-state index contributed by atoms with van der Waals surface area (Å²) in [4.78, 5) is 6.63. The molecule has 0 aromatic carbocycles. The molecule has 0 aliphatic rings. The Hall–Kier alpha value is -1.03. The molecule has 0 saturated carbocycles. The Morgan fingerprint density at radius 2 is 2.18 bits per heavy atom. The smallest absolute Gasteiger partial charge is 0.205 e. The highest BCUT2D eigenvalue weighted by Crippen LogP contribution is 2.19. The summed E-state index contributed by atoms with van der Waals surface area (Å²) in [6.07, 6.45) is 6.32. The van der Waals surface area contributed by atoms with Crippen LogP contribution in [0.3, 0.4) is 0 Å². The first-order valence-electron chi connectivity index (χ1n) is 6.42. The monoisotopic (exact) mass is 238 g/mol.